The van der Waals surface area contributed by atoms with Crippen molar-refractivity contribution in [1.82, 2.24) is 9.88 Å². The predicted octanol–water partition coefficient (Wildman–Crippen LogP) is 2.96. The molecule has 1 aliphatic rings. The van der Waals surface area contributed by atoms with Gasteiger partial charge in [0, 0.05) is 29.9 Å². The van der Waals surface area contributed by atoms with E-state index < -0.39 is 0 Å². The number of anilines is 1. The van der Waals surface area contributed by atoms with Gasteiger partial charge < -0.3 is 10.4 Å². The van der Waals surface area contributed by atoms with Crippen LogP contribution in [0.2, 0.25) is 0 Å². The molecule has 4 nitrogen and oxygen atoms in total. The number of rotatable bonds is 6. The molecule has 22 heavy (non-hydrogen) atoms. The van der Waals surface area contributed by atoms with E-state index >= 15 is 0 Å². The van der Waals surface area contributed by atoms with E-state index in [4.69, 9.17) is 0 Å². The molecule has 0 atom stereocenters. The van der Waals surface area contributed by atoms with Gasteiger partial charge in [0.2, 0.25) is 0 Å². The third-order valence-electron chi connectivity index (χ3n) is 4.25. The summed E-state index contributed by atoms with van der Waals surface area (Å²) in [6.45, 7) is 4.34. The van der Waals surface area contributed by atoms with Gasteiger partial charge in [-0.15, -0.1) is 11.3 Å². The topological polar surface area (TPSA) is 48.4 Å². The van der Waals surface area contributed by atoms with Gasteiger partial charge in [0.1, 0.15) is 0 Å². The first-order valence-electron chi connectivity index (χ1n) is 7.87. The summed E-state index contributed by atoms with van der Waals surface area (Å²) in [5, 5.41) is 12.7. The van der Waals surface area contributed by atoms with Gasteiger partial charge in [-0.1, -0.05) is 12.1 Å². The van der Waals surface area contributed by atoms with Gasteiger partial charge in [-0.2, -0.15) is 0 Å². The Bertz CT molecular complexity index is 565. The Hall–Kier alpha value is -1.43. The molecule has 0 aliphatic carbocycles. The molecule has 1 aliphatic heterocycles. The molecule has 2 aromatic rings. The average molecular weight is 317 g/mol. The summed E-state index contributed by atoms with van der Waals surface area (Å²) in [6, 6.07) is 8.66. The zero-order chi connectivity index (χ0) is 15.2. The van der Waals surface area contributed by atoms with Crippen molar-refractivity contribution >= 4 is 17.0 Å². The Morgan fingerprint density at radius 2 is 2.18 bits per heavy atom. The number of aliphatic hydroxyl groups is 1. The zero-order valence-corrected chi connectivity index (χ0v) is 13.6. The highest BCUT2D eigenvalue weighted by atomic mass is 32.1. The van der Waals surface area contributed by atoms with E-state index in [1.807, 2.05) is 11.7 Å². The second-order valence-corrected chi connectivity index (χ2v) is 6.89. The van der Waals surface area contributed by atoms with E-state index in [1.54, 1.807) is 11.3 Å². The van der Waals surface area contributed by atoms with Crippen LogP contribution in [0.3, 0.4) is 0 Å². The van der Waals surface area contributed by atoms with E-state index in [2.05, 4.69) is 39.5 Å². The number of aliphatic hydroxyl groups excluding tert-OH is 1. The minimum absolute atomic E-state index is 0.338. The van der Waals surface area contributed by atoms with Crippen LogP contribution in [0.5, 0.6) is 0 Å². The molecule has 0 unspecified atom stereocenters. The van der Waals surface area contributed by atoms with Crippen LogP contribution in [0.1, 0.15) is 23.3 Å². The second kappa shape index (κ2) is 7.72. The molecule has 0 spiro atoms. The van der Waals surface area contributed by atoms with Crippen LogP contribution in [0.25, 0.3) is 0 Å². The van der Waals surface area contributed by atoms with Crippen LogP contribution in [0, 0.1) is 5.92 Å². The summed E-state index contributed by atoms with van der Waals surface area (Å²) in [7, 11) is 0. The van der Waals surface area contributed by atoms with E-state index in [0.717, 1.165) is 44.7 Å². The SMILES string of the molecule is OCC1CCN(Cc2cccc(NCc3cncs3)c2)CC1. The highest BCUT2D eigenvalue weighted by molar-refractivity contribution is 7.09. The Balaban J connectivity index is 1.52. The summed E-state index contributed by atoms with van der Waals surface area (Å²) in [5.41, 5.74) is 4.37. The van der Waals surface area contributed by atoms with Gasteiger partial charge in [-0.05, 0) is 49.5 Å². The molecule has 0 radical (unpaired) electrons. The van der Waals surface area contributed by atoms with E-state index in [9.17, 15) is 5.11 Å². The highest BCUT2D eigenvalue weighted by Crippen LogP contribution is 2.20. The highest BCUT2D eigenvalue weighted by Gasteiger charge is 2.18. The first kappa shape index (κ1) is 15.5. The lowest BCUT2D eigenvalue weighted by molar-refractivity contribution is 0.127. The maximum absolute atomic E-state index is 9.21. The Morgan fingerprint density at radius 1 is 1.32 bits per heavy atom. The lowest BCUT2D eigenvalue weighted by Crippen LogP contribution is -2.34. The van der Waals surface area contributed by atoms with Crippen molar-refractivity contribution in [3.05, 3.63) is 46.4 Å². The maximum atomic E-state index is 9.21. The Kier molecular flexibility index (Phi) is 5.43. The number of aromatic nitrogens is 1. The van der Waals surface area contributed by atoms with Gasteiger partial charge in [0.05, 0.1) is 12.1 Å². The van der Waals surface area contributed by atoms with Crippen molar-refractivity contribution in [2.75, 3.05) is 25.0 Å². The Labute approximate surface area is 135 Å². The molecule has 5 heteroatoms. The number of piperidine rings is 1. The molecule has 1 fully saturated rings. The molecular weight excluding hydrogens is 294 g/mol. The van der Waals surface area contributed by atoms with E-state index in [-0.39, 0.29) is 0 Å². The van der Waals surface area contributed by atoms with Crippen LogP contribution in [-0.4, -0.2) is 34.7 Å². The van der Waals surface area contributed by atoms with Crippen molar-refractivity contribution in [3.8, 4) is 0 Å². The molecule has 118 valence electrons. The minimum atomic E-state index is 0.338. The monoisotopic (exact) mass is 317 g/mol. The number of benzene rings is 1. The fraction of sp³-hybridized carbons (Fsp3) is 0.471. The summed E-state index contributed by atoms with van der Waals surface area (Å²) in [4.78, 5) is 7.82. The molecule has 2 N–H and O–H groups in total. The van der Waals surface area contributed by atoms with Crippen molar-refractivity contribution in [1.29, 1.82) is 0 Å². The third-order valence-corrected chi connectivity index (χ3v) is 5.03. The van der Waals surface area contributed by atoms with Gasteiger partial charge in [0.15, 0.2) is 0 Å². The summed E-state index contributed by atoms with van der Waals surface area (Å²) >= 11 is 1.67. The first-order valence-corrected chi connectivity index (χ1v) is 8.75. The molecule has 0 amide bonds. The molecule has 1 saturated heterocycles. The van der Waals surface area contributed by atoms with Gasteiger partial charge >= 0.3 is 0 Å². The van der Waals surface area contributed by atoms with E-state index in [1.165, 1.54) is 10.4 Å². The number of hydrogen-bond acceptors (Lipinski definition) is 5. The summed E-state index contributed by atoms with van der Waals surface area (Å²) in [5.74, 6) is 0.503. The third kappa shape index (κ3) is 4.29. The average Bonchev–Trinajstić information content (AvgIpc) is 3.08. The molecule has 0 bridgehead atoms. The van der Waals surface area contributed by atoms with Crippen LogP contribution in [-0.2, 0) is 13.1 Å². The fourth-order valence-corrected chi connectivity index (χ4v) is 3.42. The van der Waals surface area contributed by atoms with Crippen molar-refractivity contribution in [2.45, 2.75) is 25.9 Å². The lowest BCUT2D eigenvalue weighted by Gasteiger charge is -2.31. The number of nitrogens with zero attached hydrogens (tertiary/aromatic N) is 2. The van der Waals surface area contributed by atoms with Crippen molar-refractivity contribution < 1.29 is 5.11 Å². The number of hydrogen-bond donors (Lipinski definition) is 2. The first-order chi connectivity index (χ1) is 10.8. The molecule has 2 heterocycles. The second-order valence-electron chi connectivity index (χ2n) is 5.92. The molecule has 1 aromatic carbocycles. The number of thiazole rings is 1. The summed E-state index contributed by atoms with van der Waals surface area (Å²) < 4.78 is 0. The van der Waals surface area contributed by atoms with Crippen molar-refractivity contribution in [3.63, 3.8) is 0 Å². The van der Waals surface area contributed by atoms with Gasteiger partial charge in [-0.3, -0.25) is 9.88 Å². The zero-order valence-electron chi connectivity index (χ0n) is 12.7. The quantitative estimate of drug-likeness (QED) is 0.860. The van der Waals surface area contributed by atoms with Crippen LogP contribution in [0.15, 0.2) is 36.0 Å². The summed E-state index contributed by atoms with van der Waals surface area (Å²) in [6.07, 6.45) is 4.13. The minimum Gasteiger partial charge on any atom is -0.396 e. The fourth-order valence-electron chi connectivity index (χ4n) is 2.88. The van der Waals surface area contributed by atoms with Gasteiger partial charge in [0.25, 0.3) is 0 Å². The number of nitrogens with one attached hydrogen (secondary N) is 1. The number of likely N-dealkylation sites (tertiary alicyclic amines) is 1. The lowest BCUT2D eigenvalue weighted by atomic mass is 9.97. The Morgan fingerprint density at radius 3 is 2.91 bits per heavy atom. The predicted molar refractivity (Wildman–Crippen MR) is 91.0 cm³/mol. The largest absolute Gasteiger partial charge is 0.396 e. The standard InChI is InChI=1S/C17H23N3OS/c21-12-14-4-6-20(7-5-14)11-15-2-1-3-16(8-15)19-10-17-9-18-13-22-17/h1-3,8-9,13-14,19,21H,4-7,10-12H2. The normalized spacial score (nSPS) is 16.8. The van der Waals surface area contributed by atoms with Crippen LogP contribution in [0.4, 0.5) is 5.69 Å². The molecular formula is C17H23N3OS. The maximum Gasteiger partial charge on any atom is 0.0794 e. The molecule has 1 aromatic heterocycles. The van der Waals surface area contributed by atoms with Crippen LogP contribution < -0.4 is 5.32 Å². The molecule has 0 saturated carbocycles. The van der Waals surface area contributed by atoms with E-state index in [0.29, 0.717) is 12.5 Å². The van der Waals surface area contributed by atoms with Gasteiger partial charge in [-0.25, -0.2) is 0 Å². The van der Waals surface area contributed by atoms with Crippen molar-refractivity contribution in [2.24, 2.45) is 5.92 Å². The smallest absolute Gasteiger partial charge is 0.0794 e. The van der Waals surface area contributed by atoms with Crippen LogP contribution >= 0.6 is 11.3 Å². The molecule has 3 rings (SSSR count).